The summed E-state index contributed by atoms with van der Waals surface area (Å²) in [7, 11) is 0. The predicted octanol–water partition coefficient (Wildman–Crippen LogP) is 6.08. The maximum absolute atomic E-state index is 2.27. The van der Waals surface area contributed by atoms with E-state index < -0.39 is 0 Å². The zero-order valence-corrected chi connectivity index (χ0v) is 15.0. The number of aromatic nitrogens is 1. The molecule has 4 rings (SSSR count). The lowest BCUT2D eigenvalue weighted by molar-refractivity contribution is 1.08. The number of hydrogen-bond acceptors (Lipinski definition) is 1. The molecule has 2 heterocycles. The fraction of sp³-hybridized carbons (Fsp3) is 0.130. The number of aryl methyl sites for hydroxylation is 1. The summed E-state index contributed by atoms with van der Waals surface area (Å²) in [5, 5.41) is 0. The van der Waals surface area contributed by atoms with Crippen LogP contribution in [-0.2, 0) is 12.2 Å². The highest BCUT2D eigenvalue weighted by Gasteiger charge is 2.03. The van der Waals surface area contributed by atoms with E-state index in [1.165, 1.54) is 27.8 Å². The van der Waals surface area contributed by atoms with Crippen LogP contribution in [0.25, 0.3) is 16.6 Å². The van der Waals surface area contributed by atoms with Crippen LogP contribution in [0.1, 0.15) is 11.1 Å². The fourth-order valence-electron chi connectivity index (χ4n) is 3.05. The number of benzene rings is 2. The molecule has 2 heteroatoms. The van der Waals surface area contributed by atoms with Crippen LogP contribution >= 0.6 is 11.8 Å². The molecule has 0 aliphatic rings. The van der Waals surface area contributed by atoms with Gasteiger partial charge in [0, 0.05) is 29.2 Å². The van der Waals surface area contributed by atoms with E-state index in [0.29, 0.717) is 0 Å². The van der Waals surface area contributed by atoms with Crippen LogP contribution in [-0.4, -0.2) is 10.2 Å². The molecule has 0 N–H and O–H groups in total. The lowest BCUT2D eigenvalue weighted by Crippen LogP contribution is -1.92. The molecule has 0 fully saturated rings. The molecule has 4 aromatic rings. The summed E-state index contributed by atoms with van der Waals surface area (Å²) in [5.41, 5.74) is 6.59. The molecule has 124 valence electrons. The van der Waals surface area contributed by atoms with E-state index in [2.05, 4.69) is 95.7 Å². The first-order valence-corrected chi connectivity index (χ1v) is 9.82. The molecular weight excluding hydrogens is 322 g/mol. The molecule has 0 saturated heterocycles. The van der Waals surface area contributed by atoms with Gasteiger partial charge in [-0.2, -0.15) is 11.8 Å². The SMILES string of the molecule is c1ccc(CSCCc2ccc3cc(-c4ccccc4)cn3c2)cc1. The lowest BCUT2D eigenvalue weighted by atomic mass is 10.1. The highest BCUT2D eigenvalue weighted by molar-refractivity contribution is 7.98. The van der Waals surface area contributed by atoms with Crippen molar-refractivity contribution < 1.29 is 0 Å². The van der Waals surface area contributed by atoms with Crippen molar-refractivity contribution >= 4 is 17.3 Å². The Morgan fingerprint density at radius 3 is 2.24 bits per heavy atom. The van der Waals surface area contributed by atoms with Crippen LogP contribution in [0, 0.1) is 0 Å². The Labute approximate surface area is 153 Å². The molecule has 25 heavy (non-hydrogen) atoms. The van der Waals surface area contributed by atoms with Gasteiger partial charge in [0.05, 0.1) is 0 Å². The fourth-order valence-corrected chi connectivity index (χ4v) is 4.00. The highest BCUT2D eigenvalue weighted by Crippen LogP contribution is 2.23. The van der Waals surface area contributed by atoms with Crippen molar-refractivity contribution in [2.24, 2.45) is 0 Å². The van der Waals surface area contributed by atoms with E-state index in [1.807, 2.05) is 11.8 Å². The minimum atomic E-state index is 1.09. The van der Waals surface area contributed by atoms with E-state index in [-0.39, 0.29) is 0 Å². The number of hydrogen-bond donors (Lipinski definition) is 0. The zero-order chi connectivity index (χ0) is 16.9. The average molecular weight is 343 g/mol. The van der Waals surface area contributed by atoms with Crippen molar-refractivity contribution in [1.82, 2.24) is 4.40 Å². The largest absolute Gasteiger partial charge is 0.323 e. The molecule has 0 amide bonds. The van der Waals surface area contributed by atoms with E-state index >= 15 is 0 Å². The second-order valence-corrected chi connectivity index (χ2v) is 7.36. The van der Waals surface area contributed by atoms with Gasteiger partial charge in [0.1, 0.15) is 0 Å². The Morgan fingerprint density at radius 1 is 0.680 bits per heavy atom. The van der Waals surface area contributed by atoms with Gasteiger partial charge in [-0.3, -0.25) is 0 Å². The van der Waals surface area contributed by atoms with Crippen LogP contribution in [0.5, 0.6) is 0 Å². The van der Waals surface area contributed by atoms with E-state index in [1.54, 1.807) is 0 Å². The molecule has 0 atom stereocenters. The maximum atomic E-state index is 2.27. The van der Waals surface area contributed by atoms with Crippen molar-refractivity contribution in [3.63, 3.8) is 0 Å². The van der Waals surface area contributed by atoms with E-state index in [0.717, 1.165) is 17.9 Å². The predicted molar refractivity (Wildman–Crippen MR) is 109 cm³/mol. The van der Waals surface area contributed by atoms with Crippen molar-refractivity contribution in [3.05, 3.63) is 102 Å². The molecule has 0 aliphatic heterocycles. The molecule has 2 aromatic heterocycles. The number of fused-ring (bicyclic) bond motifs is 1. The molecule has 2 aromatic carbocycles. The van der Waals surface area contributed by atoms with Crippen molar-refractivity contribution in [1.29, 1.82) is 0 Å². The first kappa shape index (κ1) is 16.0. The Hall–Kier alpha value is -2.45. The van der Waals surface area contributed by atoms with Gasteiger partial charge in [-0.25, -0.2) is 0 Å². The van der Waals surface area contributed by atoms with E-state index in [9.17, 15) is 0 Å². The quantitative estimate of drug-likeness (QED) is 0.384. The molecule has 0 saturated carbocycles. The molecule has 0 unspecified atom stereocenters. The normalized spacial score (nSPS) is 11.0. The molecule has 0 spiro atoms. The molecule has 0 aliphatic carbocycles. The topological polar surface area (TPSA) is 4.41 Å². The zero-order valence-electron chi connectivity index (χ0n) is 14.1. The van der Waals surface area contributed by atoms with Gasteiger partial charge in [0.25, 0.3) is 0 Å². The van der Waals surface area contributed by atoms with Gasteiger partial charge in [-0.1, -0.05) is 66.7 Å². The highest BCUT2D eigenvalue weighted by atomic mass is 32.2. The number of pyridine rings is 1. The number of thioether (sulfide) groups is 1. The Kier molecular flexibility index (Phi) is 4.89. The van der Waals surface area contributed by atoms with Gasteiger partial charge >= 0.3 is 0 Å². The van der Waals surface area contributed by atoms with Crippen LogP contribution in [0.15, 0.2) is 91.3 Å². The van der Waals surface area contributed by atoms with Crippen molar-refractivity contribution in [2.75, 3.05) is 5.75 Å². The van der Waals surface area contributed by atoms with Crippen molar-refractivity contribution in [3.8, 4) is 11.1 Å². The third-order valence-corrected chi connectivity index (χ3v) is 5.44. The molecule has 0 radical (unpaired) electrons. The second kappa shape index (κ2) is 7.62. The van der Waals surface area contributed by atoms with Gasteiger partial charge in [-0.05, 0) is 41.0 Å². The molecule has 1 nitrogen and oxygen atoms in total. The van der Waals surface area contributed by atoms with Crippen molar-refractivity contribution in [2.45, 2.75) is 12.2 Å². The van der Waals surface area contributed by atoms with Crippen LogP contribution in [0.2, 0.25) is 0 Å². The number of nitrogens with zero attached hydrogens (tertiary/aromatic N) is 1. The summed E-state index contributed by atoms with van der Waals surface area (Å²) < 4.78 is 2.25. The summed E-state index contributed by atoms with van der Waals surface area (Å²) in [6.45, 7) is 0. The summed E-state index contributed by atoms with van der Waals surface area (Å²) in [5.74, 6) is 2.23. The Morgan fingerprint density at radius 2 is 1.44 bits per heavy atom. The third-order valence-electron chi connectivity index (χ3n) is 4.41. The van der Waals surface area contributed by atoms with Gasteiger partial charge < -0.3 is 4.40 Å². The van der Waals surface area contributed by atoms with Gasteiger partial charge in [0.2, 0.25) is 0 Å². The smallest absolute Gasteiger partial charge is 0.0456 e. The van der Waals surface area contributed by atoms with Crippen LogP contribution in [0.4, 0.5) is 0 Å². The molecule has 0 bridgehead atoms. The minimum absolute atomic E-state index is 1.09. The first-order chi connectivity index (χ1) is 12.4. The monoisotopic (exact) mass is 343 g/mol. The summed E-state index contributed by atoms with van der Waals surface area (Å²) in [4.78, 5) is 0. The Balaban J connectivity index is 1.41. The molecular formula is C23H21NS. The lowest BCUT2D eigenvalue weighted by Gasteiger charge is -2.04. The standard InChI is InChI=1S/C23H21NS/c1-3-7-20(8-4-1)18-25-14-13-19-11-12-23-15-22(17-24(23)16-19)21-9-5-2-6-10-21/h1-12,15-17H,13-14,18H2. The maximum Gasteiger partial charge on any atom is 0.0456 e. The number of rotatable bonds is 6. The first-order valence-electron chi connectivity index (χ1n) is 8.66. The van der Waals surface area contributed by atoms with Gasteiger partial charge in [0.15, 0.2) is 0 Å². The third kappa shape index (κ3) is 3.97. The van der Waals surface area contributed by atoms with Crippen LogP contribution < -0.4 is 0 Å². The van der Waals surface area contributed by atoms with E-state index in [4.69, 9.17) is 0 Å². The summed E-state index contributed by atoms with van der Waals surface area (Å²) in [6, 6.07) is 28.0. The summed E-state index contributed by atoms with van der Waals surface area (Å²) in [6.07, 6.45) is 5.60. The minimum Gasteiger partial charge on any atom is -0.323 e. The Bertz CT molecular complexity index is 942. The van der Waals surface area contributed by atoms with Gasteiger partial charge in [-0.15, -0.1) is 0 Å². The second-order valence-electron chi connectivity index (χ2n) is 6.25. The van der Waals surface area contributed by atoms with Crippen LogP contribution in [0.3, 0.4) is 0 Å². The average Bonchev–Trinajstić information content (AvgIpc) is 3.10. The summed E-state index contributed by atoms with van der Waals surface area (Å²) >= 11 is 2.00.